The predicted molar refractivity (Wildman–Crippen MR) is 91.5 cm³/mol. The van der Waals surface area contributed by atoms with Gasteiger partial charge in [0.2, 0.25) is 6.41 Å². The van der Waals surface area contributed by atoms with Crippen LogP contribution < -0.4 is 10.2 Å². The summed E-state index contributed by atoms with van der Waals surface area (Å²) in [7, 11) is 0. The monoisotopic (exact) mass is 315 g/mol. The molecule has 0 aromatic carbocycles. The van der Waals surface area contributed by atoms with Gasteiger partial charge >= 0.3 is 0 Å². The summed E-state index contributed by atoms with van der Waals surface area (Å²) in [6.45, 7) is 4.07. The molecule has 0 saturated carbocycles. The van der Waals surface area contributed by atoms with Crippen molar-refractivity contribution in [2.45, 2.75) is 32.1 Å². The van der Waals surface area contributed by atoms with Crippen molar-refractivity contribution in [2.75, 3.05) is 42.9 Å². The molecular formula is C17H25N5O. The zero-order valence-corrected chi connectivity index (χ0v) is 13.6. The van der Waals surface area contributed by atoms with Crippen LogP contribution in [0.3, 0.4) is 0 Å². The molecule has 1 amide bonds. The molecule has 124 valence electrons. The highest BCUT2D eigenvalue weighted by atomic mass is 16.1. The van der Waals surface area contributed by atoms with Gasteiger partial charge in [0.25, 0.3) is 0 Å². The number of rotatable bonds is 6. The maximum atomic E-state index is 10.8. The highest BCUT2D eigenvalue weighted by Gasteiger charge is 2.17. The van der Waals surface area contributed by atoms with Gasteiger partial charge in [-0.15, -0.1) is 0 Å². The van der Waals surface area contributed by atoms with Crippen LogP contribution in [0.25, 0.3) is 0 Å². The Labute approximate surface area is 137 Å². The van der Waals surface area contributed by atoms with Crippen molar-refractivity contribution in [3.05, 3.63) is 24.0 Å². The minimum atomic E-state index is 0.754. The van der Waals surface area contributed by atoms with Gasteiger partial charge in [-0.1, -0.05) is 11.6 Å². The lowest BCUT2D eigenvalue weighted by molar-refractivity contribution is -0.118. The van der Waals surface area contributed by atoms with Crippen LogP contribution in [0.4, 0.5) is 11.6 Å². The lowest BCUT2D eigenvalue weighted by Gasteiger charge is -2.33. The summed E-state index contributed by atoms with van der Waals surface area (Å²) in [6.07, 6.45) is 11.2. The van der Waals surface area contributed by atoms with Crippen molar-refractivity contribution in [3.63, 3.8) is 0 Å². The van der Waals surface area contributed by atoms with Crippen LogP contribution in [0.15, 0.2) is 24.0 Å². The maximum Gasteiger partial charge on any atom is 0.209 e. The average Bonchev–Trinajstić information content (AvgIpc) is 2.63. The van der Waals surface area contributed by atoms with Gasteiger partial charge in [0.15, 0.2) is 0 Å². The normalized spacial score (nSPS) is 18.5. The van der Waals surface area contributed by atoms with Gasteiger partial charge in [-0.3, -0.25) is 4.79 Å². The Kier molecular flexibility index (Phi) is 5.45. The summed E-state index contributed by atoms with van der Waals surface area (Å²) >= 11 is 0. The summed E-state index contributed by atoms with van der Waals surface area (Å²) in [5.41, 5.74) is 1.57. The molecule has 2 heterocycles. The lowest BCUT2D eigenvalue weighted by Crippen LogP contribution is -2.46. The van der Waals surface area contributed by atoms with E-state index in [1.54, 1.807) is 16.8 Å². The molecule has 0 unspecified atom stereocenters. The third-order valence-corrected chi connectivity index (χ3v) is 4.58. The van der Waals surface area contributed by atoms with Gasteiger partial charge in [0, 0.05) is 38.8 Å². The first-order valence-electron chi connectivity index (χ1n) is 8.53. The van der Waals surface area contributed by atoms with Gasteiger partial charge in [0.05, 0.1) is 0 Å². The van der Waals surface area contributed by atoms with E-state index in [0.717, 1.165) is 57.2 Å². The summed E-state index contributed by atoms with van der Waals surface area (Å²) in [5, 5.41) is 3.41. The van der Waals surface area contributed by atoms with Crippen LogP contribution in [0.1, 0.15) is 32.1 Å². The molecule has 0 radical (unpaired) electrons. The topological polar surface area (TPSA) is 61.4 Å². The number of allylic oxidation sites excluding steroid dienone is 1. The smallest absolute Gasteiger partial charge is 0.209 e. The number of carbonyl (C=O) groups excluding carboxylic acids is 1. The standard InChI is InChI=1S/C17H25N5O/c23-14-21-8-10-22(11-9-21)17-12-16(19-13-20-17)18-7-6-15-4-2-1-3-5-15/h4,12-14H,1-3,5-11H2,(H,18,19,20). The van der Waals surface area contributed by atoms with E-state index in [9.17, 15) is 4.79 Å². The average molecular weight is 315 g/mol. The molecule has 1 N–H and O–H groups in total. The number of hydrogen-bond donors (Lipinski definition) is 1. The third kappa shape index (κ3) is 4.43. The molecule has 1 aliphatic heterocycles. The number of carbonyl (C=O) groups is 1. The number of nitrogens with zero attached hydrogens (tertiary/aromatic N) is 4. The van der Waals surface area contributed by atoms with E-state index >= 15 is 0 Å². The van der Waals surface area contributed by atoms with Crippen LogP contribution in [-0.2, 0) is 4.79 Å². The van der Waals surface area contributed by atoms with Gasteiger partial charge in [-0.2, -0.15) is 0 Å². The highest BCUT2D eigenvalue weighted by molar-refractivity contribution is 5.51. The molecule has 6 heteroatoms. The fourth-order valence-corrected chi connectivity index (χ4v) is 3.16. The first-order valence-corrected chi connectivity index (χ1v) is 8.53. The molecular weight excluding hydrogens is 290 g/mol. The van der Waals surface area contributed by atoms with E-state index in [-0.39, 0.29) is 0 Å². The largest absolute Gasteiger partial charge is 0.370 e. The molecule has 1 aliphatic carbocycles. The van der Waals surface area contributed by atoms with Gasteiger partial charge in [-0.05, 0) is 32.1 Å². The number of amides is 1. The van der Waals surface area contributed by atoms with E-state index in [2.05, 4.69) is 26.3 Å². The van der Waals surface area contributed by atoms with Crippen LogP contribution in [0.2, 0.25) is 0 Å². The number of hydrogen-bond acceptors (Lipinski definition) is 5. The highest BCUT2D eigenvalue weighted by Crippen LogP contribution is 2.20. The quantitative estimate of drug-likeness (QED) is 0.643. The Morgan fingerprint density at radius 3 is 2.78 bits per heavy atom. The van der Waals surface area contributed by atoms with E-state index in [4.69, 9.17) is 0 Å². The SMILES string of the molecule is O=CN1CCN(c2cc(NCCC3=CCCCC3)ncn2)CC1. The fraction of sp³-hybridized carbons (Fsp3) is 0.588. The van der Waals surface area contributed by atoms with E-state index in [0.29, 0.717) is 0 Å². The zero-order valence-electron chi connectivity index (χ0n) is 13.6. The van der Waals surface area contributed by atoms with E-state index in [1.165, 1.54) is 25.7 Å². The summed E-state index contributed by atoms with van der Waals surface area (Å²) < 4.78 is 0. The van der Waals surface area contributed by atoms with Crippen LogP contribution in [0.5, 0.6) is 0 Å². The summed E-state index contributed by atoms with van der Waals surface area (Å²) in [6, 6.07) is 2.01. The number of piperazine rings is 1. The Morgan fingerprint density at radius 2 is 2.04 bits per heavy atom. The van der Waals surface area contributed by atoms with Crippen molar-refractivity contribution in [3.8, 4) is 0 Å². The molecule has 6 nitrogen and oxygen atoms in total. The van der Waals surface area contributed by atoms with E-state index in [1.807, 2.05) is 6.07 Å². The van der Waals surface area contributed by atoms with Crippen molar-refractivity contribution in [2.24, 2.45) is 0 Å². The molecule has 1 aromatic rings. The van der Waals surface area contributed by atoms with Gasteiger partial charge in [-0.25, -0.2) is 9.97 Å². The molecule has 1 aromatic heterocycles. The second kappa shape index (κ2) is 7.94. The molecule has 1 fully saturated rings. The molecule has 0 bridgehead atoms. The Morgan fingerprint density at radius 1 is 1.17 bits per heavy atom. The fourth-order valence-electron chi connectivity index (χ4n) is 3.16. The van der Waals surface area contributed by atoms with Crippen molar-refractivity contribution in [1.29, 1.82) is 0 Å². The molecule has 0 spiro atoms. The van der Waals surface area contributed by atoms with Crippen molar-refractivity contribution in [1.82, 2.24) is 14.9 Å². The zero-order chi connectivity index (χ0) is 15.9. The number of aromatic nitrogens is 2. The predicted octanol–water partition coefficient (Wildman–Crippen LogP) is 2.06. The summed E-state index contributed by atoms with van der Waals surface area (Å²) in [5.74, 6) is 1.81. The van der Waals surface area contributed by atoms with Crippen molar-refractivity contribution >= 4 is 18.0 Å². The first kappa shape index (κ1) is 15.8. The summed E-state index contributed by atoms with van der Waals surface area (Å²) in [4.78, 5) is 23.5. The van der Waals surface area contributed by atoms with E-state index < -0.39 is 0 Å². The number of anilines is 2. The molecule has 1 saturated heterocycles. The minimum Gasteiger partial charge on any atom is -0.370 e. The Balaban J connectivity index is 1.51. The second-order valence-electron chi connectivity index (χ2n) is 6.17. The molecule has 2 aliphatic rings. The first-order chi connectivity index (χ1) is 11.3. The lowest BCUT2D eigenvalue weighted by atomic mass is 9.97. The molecule has 3 rings (SSSR count). The van der Waals surface area contributed by atoms with Gasteiger partial charge < -0.3 is 15.1 Å². The Bertz CT molecular complexity index is 552. The van der Waals surface area contributed by atoms with Crippen LogP contribution in [0, 0.1) is 0 Å². The second-order valence-corrected chi connectivity index (χ2v) is 6.17. The number of nitrogens with one attached hydrogen (secondary N) is 1. The Hall–Kier alpha value is -2.11. The minimum absolute atomic E-state index is 0.754. The maximum absolute atomic E-state index is 10.8. The molecule has 0 atom stereocenters. The van der Waals surface area contributed by atoms with Crippen LogP contribution >= 0.6 is 0 Å². The van der Waals surface area contributed by atoms with Crippen LogP contribution in [-0.4, -0.2) is 54.0 Å². The van der Waals surface area contributed by atoms with Gasteiger partial charge in [0.1, 0.15) is 18.0 Å². The third-order valence-electron chi connectivity index (χ3n) is 4.58. The molecule has 23 heavy (non-hydrogen) atoms. The van der Waals surface area contributed by atoms with Crippen molar-refractivity contribution < 1.29 is 4.79 Å².